The SMILES string of the molecule is CCCNc1cc([N+](=O)[O-])cc(N(CC)CC2CC2)n1. The highest BCUT2D eigenvalue weighted by molar-refractivity contribution is 5.56. The molecule has 6 nitrogen and oxygen atoms in total. The molecular formula is C14H22N4O2. The molecule has 1 heterocycles. The third kappa shape index (κ3) is 3.82. The zero-order chi connectivity index (χ0) is 14.5. The molecule has 1 saturated carbocycles. The van der Waals surface area contributed by atoms with Gasteiger partial charge in [-0.2, -0.15) is 0 Å². The van der Waals surface area contributed by atoms with E-state index in [2.05, 4.69) is 29.0 Å². The van der Waals surface area contributed by atoms with E-state index in [4.69, 9.17) is 0 Å². The van der Waals surface area contributed by atoms with Crippen LogP contribution in [0, 0.1) is 16.0 Å². The van der Waals surface area contributed by atoms with Gasteiger partial charge in [0.25, 0.3) is 5.69 Å². The van der Waals surface area contributed by atoms with Gasteiger partial charge >= 0.3 is 0 Å². The Morgan fingerprint density at radius 1 is 1.45 bits per heavy atom. The Kier molecular flexibility index (Phi) is 4.76. The molecule has 0 atom stereocenters. The Hall–Kier alpha value is -1.85. The van der Waals surface area contributed by atoms with Crippen molar-refractivity contribution in [2.75, 3.05) is 29.9 Å². The second kappa shape index (κ2) is 6.54. The summed E-state index contributed by atoms with van der Waals surface area (Å²) in [7, 11) is 0. The summed E-state index contributed by atoms with van der Waals surface area (Å²) in [6.45, 7) is 6.64. The highest BCUT2D eigenvalue weighted by atomic mass is 16.6. The molecule has 20 heavy (non-hydrogen) atoms. The Morgan fingerprint density at radius 2 is 2.20 bits per heavy atom. The number of aromatic nitrogens is 1. The van der Waals surface area contributed by atoms with E-state index >= 15 is 0 Å². The molecule has 1 fully saturated rings. The number of nitrogens with one attached hydrogen (secondary N) is 1. The second-order valence-electron chi connectivity index (χ2n) is 5.23. The van der Waals surface area contributed by atoms with Gasteiger partial charge in [0.15, 0.2) is 0 Å². The van der Waals surface area contributed by atoms with Gasteiger partial charge in [0.1, 0.15) is 11.6 Å². The van der Waals surface area contributed by atoms with E-state index in [1.54, 1.807) is 6.07 Å². The summed E-state index contributed by atoms with van der Waals surface area (Å²) >= 11 is 0. The first kappa shape index (κ1) is 14.6. The van der Waals surface area contributed by atoms with Gasteiger partial charge in [0.05, 0.1) is 17.1 Å². The van der Waals surface area contributed by atoms with Crippen LogP contribution in [0.4, 0.5) is 17.3 Å². The minimum Gasteiger partial charge on any atom is -0.370 e. The molecule has 1 aliphatic carbocycles. The third-order valence-electron chi connectivity index (χ3n) is 3.44. The molecule has 0 bridgehead atoms. The molecule has 0 radical (unpaired) electrons. The van der Waals surface area contributed by atoms with E-state index in [9.17, 15) is 10.1 Å². The number of hydrogen-bond donors (Lipinski definition) is 1. The summed E-state index contributed by atoms with van der Waals surface area (Å²) in [4.78, 5) is 17.3. The van der Waals surface area contributed by atoms with Crippen molar-refractivity contribution in [1.29, 1.82) is 0 Å². The predicted octanol–water partition coefficient (Wildman–Crippen LogP) is 3.05. The molecule has 1 aromatic rings. The standard InChI is InChI=1S/C14H22N4O2/c1-3-7-15-13-8-12(18(19)20)9-14(16-13)17(4-2)10-11-5-6-11/h8-9,11H,3-7,10H2,1-2H3,(H,15,16). The van der Waals surface area contributed by atoms with Crippen molar-refractivity contribution in [2.24, 2.45) is 5.92 Å². The van der Waals surface area contributed by atoms with Crippen molar-refractivity contribution in [1.82, 2.24) is 4.98 Å². The molecule has 6 heteroatoms. The lowest BCUT2D eigenvalue weighted by molar-refractivity contribution is -0.384. The van der Waals surface area contributed by atoms with E-state index in [-0.39, 0.29) is 10.6 Å². The number of rotatable bonds is 8. The van der Waals surface area contributed by atoms with Crippen molar-refractivity contribution in [3.05, 3.63) is 22.2 Å². The van der Waals surface area contributed by atoms with Crippen LogP contribution in [0.3, 0.4) is 0 Å². The van der Waals surface area contributed by atoms with Crippen molar-refractivity contribution >= 4 is 17.3 Å². The first-order valence-electron chi connectivity index (χ1n) is 7.29. The molecule has 2 rings (SSSR count). The van der Waals surface area contributed by atoms with Gasteiger partial charge in [-0.05, 0) is 32.1 Å². The molecule has 1 aliphatic rings. The van der Waals surface area contributed by atoms with Gasteiger partial charge in [-0.3, -0.25) is 10.1 Å². The predicted molar refractivity (Wildman–Crippen MR) is 80.3 cm³/mol. The van der Waals surface area contributed by atoms with Crippen LogP contribution in [0.5, 0.6) is 0 Å². The number of hydrogen-bond acceptors (Lipinski definition) is 5. The second-order valence-corrected chi connectivity index (χ2v) is 5.23. The summed E-state index contributed by atoms with van der Waals surface area (Å²) in [5, 5.41) is 14.2. The minimum atomic E-state index is -0.354. The van der Waals surface area contributed by atoms with Gasteiger partial charge in [-0.25, -0.2) is 4.98 Å². The fourth-order valence-corrected chi connectivity index (χ4v) is 2.11. The maximum atomic E-state index is 11.1. The lowest BCUT2D eigenvalue weighted by Crippen LogP contribution is -2.26. The molecule has 0 spiro atoms. The van der Waals surface area contributed by atoms with Crippen LogP contribution in [-0.4, -0.2) is 29.5 Å². The first-order chi connectivity index (χ1) is 9.63. The number of anilines is 2. The molecule has 0 aliphatic heterocycles. The fraction of sp³-hybridized carbons (Fsp3) is 0.643. The van der Waals surface area contributed by atoms with Crippen molar-refractivity contribution in [3.63, 3.8) is 0 Å². The van der Waals surface area contributed by atoms with Crippen LogP contribution in [0.15, 0.2) is 12.1 Å². The van der Waals surface area contributed by atoms with Crippen LogP contribution in [-0.2, 0) is 0 Å². The smallest absolute Gasteiger partial charge is 0.276 e. The van der Waals surface area contributed by atoms with Crippen molar-refractivity contribution < 1.29 is 4.92 Å². The number of pyridine rings is 1. The van der Waals surface area contributed by atoms with Crippen LogP contribution in [0.25, 0.3) is 0 Å². The largest absolute Gasteiger partial charge is 0.370 e. The highest BCUT2D eigenvalue weighted by Gasteiger charge is 2.25. The average molecular weight is 278 g/mol. The summed E-state index contributed by atoms with van der Waals surface area (Å²) in [5.74, 6) is 2.01. The van der Waals surface area contributed by atoms with E-state index in [0.717, 1.165) is 32.0 Å². The zero-order valence-corrected chi connectivity index (χ0v) is 12.1. The van der Waals surface area contributed by atoms with Crippen molar-refractivity contribution in [2.45, 2.75) is 33.1 Å². The molecule has 0 unspecified atom stereocenters. The monoisotopic (exact) mass is 278 g/mol. The Bertz CT molecular complexity index is 474. The van der Waals surface area contributed by atoms with E-state index in [0.29, 0.717) is 11.6 Å². The van der Waals surface area contributed by atoms with E-state index < -0.39 is 0 Å². The molecule has 110 valence electrons. The van der Waals surface area contributed by atoms with Gasteiger partial charge in [0, 0.05) is 19.6 Å². The van der Waals surface area contributed by atoms with Crippen molar-refractivity contribution in [3.8, 4) is 0 Å². The van der Waals surface area contributed by atoms with Crippen LogP contribution >= 0.6 is 0 Å². The van der Waals surface area contributed by atoms with Gasteiger partial charge in [-0.1, -0.05) is 6.92 Å². The highest BCUT2D eigenvalue weighted by Crippen LogP contribution is 2.32. The Labute approximate surface area is 119 Å². The number of nitrogens with zero attached hydrogens (tertiary/aromatic N) is 3. The molecule has 0 amide bonds. The first-order valence-corrected chi connectivity index (χ1v) is 7.29. The normalized spacial score (nSPS) is 14.1. The molecule has 0 saturated heterocycles. The van der Waals surface area contributed by atoms with Crippen LogP contribution in [0.1, 0.15) is 33.1 Å². The molecule has 1 N–H and O–H groups in total. The lowest BCUT2D eigenvalue weighted by Gasteiger charge is -2.22. The third-order valence-corrected chi connectivity index (χ3v) is 3.44. The van der Waals surface area contributed by atoms with Gasteiger partial charge < -0.3 is 10.2 Å². The molecule has 0 aromatic carbocycles. The van der Waals surface area contributed by atoms with E-state index in [1.807, 2.05) is 0 Å². The molecular weight excluding hydrogens is 256 g/mol. The summed E-state index contributed by atoms with van der Waals surface area (Å²) in [6, 6.07) is 3.08. The van der Waals surface area contributed by atoms with Gasteiger partial charge in [0.2, 0.25) is 0 Å². The average Bonchev–Trinajstić information content (AvgIpc) is 3.26. The lowest BCUT2D eigenvalue weighted by atomic mass is 10.3. The summed E-state index contributed by atoms with van der Waals surface area (Å²) < 4.78 is 0. The van der Waals surface area contributed by atoms with Crippen LogP contribution in [0.2, 0.25) is 0 Å². The quantitative estimate of drug-likeness (QED) is 0.584. The number of nitro groups is 1. The summed E-state index contributed by atoms with van der Waals surface area (Å²) in [6.07, 6.45) is 3.47. The fourth-order valence-electron chi connectivity index (χ4n) is 2.11. The zero-order valence-electron chi connectivity index (χ0n) is 12.1. The Balaban J connectivity index is 2.23. The Morgan fingerprint density at radius 3 is 2.75 bits per heavy atom. The summed E-state index contributed by atoms with van der Waals surface area (Å²) in [5.41, 5.74) is 0.0999. The van der Waals surface area contributed by atoms with Gasteiger partial charge in [-0.15, -0.1) is 0 Å². The topological polar surface area (TPSA) is 71.3 Å². The molecule has 1 aromatic heterocycles. The maximum Gasteiger partial charge on any atom is 0.276 e. The van der Waals surface area contributed by atoms with E-state index in [1.165, 1.54) is 18.9 Å². The maximum absolute atomic E-state index is 11.1. The minimum absolute atomic E-state index is 0.0999. The van der Waals surface area contributed by atoms with Crippen LogP contribution < -0.4 is 10.2 Å².